The van der Waals surface area contributed by atoms with E-state index in [1.54, 1.807) is 0 Å². The number of rotatable bonds is 37. The minimum Gasteiger partial charge on any atom is -0.457 e. The fourth-order valence-corrected chi connectivity index (χ4v) is 7.79. The summed E-state index contributed by atoms with van der Waals surface area (Å²) in [6.07, 6.45) is 22.8. The fraction of sp³-hybridized carbons (Fsp3) is 0.929. The molecular formula is C42H81O12P. The molecule has 0 amide bonds. The predicted molar refractivity (Wildman–Crippen MR) is 217 cm³/mol. The molecule has 0 spiro atoms. The predicted octanol–water partition coefficient (Wildman–Crippen LogP) is 8.36. The van der Waals surface area contributed by atoms with Crippen LogP contribution in [0.2, 0.25) is 0 Å². The Morgan fingerprint density at radius 3 is 1.44 bits per heavy atom. The quantitative estimate of drug-likeness (QED) is 0.0152. The first-order valence-electron chi connectivity index (χ1n) is 22.0. The lowest BCUT2D eigenvalue weighted by Crippen LogP contribution is -2.64. The summed E-state index contributed by atoms with van der Waals surface area (Å²) in [5.41, 5.74) is 0. The third-order valence-corrected chi connectivity index (χ3v) is 11.4. The molecule has 0 aliphatic heterocycles. The minimum atomic E-state index is -5.01. The van der Waals surface area contributed by atoms with Crippen molar-refractivity contribution in [1.29, 1.82) is 0 Å². The zero-order valence-corrected chi connectivity index (χ0v) is 35.4. The van der Waals surface area contributed by atoms with Crippen molar-refractivity contribution in [2.75, 3.05) is 19.8 Å². The molecule has 0 radical (unpaired) electrons. The van der Waals surface area contributed by atoms with E-state index in [4.69, 9.17) is 18.5 Å². The van der Waals surface area contributed by atoms with Gasteiger partial charge in [0.2, 0.25) is 0 Å². The van der Waals surface area contributed by atoms with Crippen LogP contribution < -0.4 is 0 Å². The van der Waals surface area contributed by atoms with Crippen LogP contribution in [0, 0.1) is 0 Å². The summed E-state index contributed by atoms with van der Waals surface area (Å²) in [5, 5.41) is 50.1. The van der Waals surface area contributed by atoms with Crippen LogP contribution in [0.25, 0.3) is 0 Å². The molecule has 0 saturated heterocycles. The summed E-state index contributed by atoms with van der Waals surface area (Å²) in [6.45, 7) is 4.25. The monoisotopic (exact) mass is 809 g/mol. The van der Waals surface area contributed by atoms with Crippen LogP contribution >= 0.6 is 7.82 Å². The lowest BCUT2D eigenvalue weighted by Gasteiger charge is -2.41. The number of phosphoric ester groups is 1. The van der Waals surface area contributed by atoms with Gasteiger partial charge in [0, 0.05) is 13.0 Å². The van der Waals surface area contributed by atoms with E-state index >= 15 is 0 Å². The second kappa shape index (κ2) is 34.0. The molecule has 1 saturated carbocycles. The number of hydrogen-bond donors (Lipinski definition) is 6. The van der Waals surface area contributed by atoms with Crippen molar-refractivity contribution in [3.05, 3.63) is 12.2 Å². The summed E-state index contributed by atoms with van der Waals surface area (Å²) in [7, 11) is -5.01. The number of aliphatic hydroxyl groups is 5. The first-order chi connectivity index (χ1) is 26.5. The highest BCUT2D eigenvalue weighted by molar-refractivity contribution is 7.47. The molecule has 6 unspecified atom stereocenters. The highest BCUT2D eigenvalue weighted by Gasteiger charge is 2.51. The van der Waals surface area contributed by atoms with Gasteiger partial charge in [-0.2, -0.15) is 0 Å². The standard InChI is InChI=1S/C42H81O12P/c1-3-5-7-9-11-13-15-17-19-21-23-25-27-29-31-36(43)53-35(33-51-32-30-28-26-24-22-20-18-16-14-12-10-8-6-4-2)34-52-55(49,50)54-42-40(47)38(45)37(44)39(46)41(42)48/h15,17,35,37-42,44-48H,3-14,16,18-34H2,1-2H3,(H,49,50)/b17-15-. The van der Waals surface area contributed by atoms with Crippen molar-refractivity contribution in [3.8, 4) is 0 Å². The maximum Gasteiger partial charge on any atom is 0.472 e. The van der Waals surface area contributed by atoms with Gasteiger partial charge in [0.1, 0.15) is 42.7 Å². The van der Waals surface area contributed by atoms with Gasteiger partial charge in [-0.25, -0.2) is 4.57 Å². The van der Waals surface area contributed by atoms with Gasteiger partial charge in [-0.3, -0.25) is 13.8 Å². The number of allylic oxidation sites excluding steroid dienone is 2. The smallest absolute Gasteiger partial charge is 0.457 e. The average Bonchev–Trinajstić information content (AvgIpc) is 3.17. The molecule has 12 nitrogen and oxygen atoms in total. The Morgan fingerprint density at radius 1 is 0.564 bits per heavy atom. The molecule has 0 aromatic rings. The summed E-state index contributed by atoms with van der Waals surface area (Å²) in [6, 6.07) is 0. The van der Waals surface area contributed by atoms with E-state index in [1.807, 2.05) is 0 Å². The van der Waals surface area contributed by atoms with Crippen molar-refractivity contribution < 1.29 is 58.3 Å². The van der Waals surface area contributed by atoms with Gasteiger partial charge in [-0.15, -0.1) is 0 Å². The van der Waals surface area contributed by atoms with E-state index in [2.05, 4.69) is 26.0 Å². The van der Waals surface area contributed by atoms with Crippen molar-refractivity contribution in [2.24, 2.45) is 0 Å². The maximum atomic E-state index is 12.8. The zero-order chi connectivity index (χ0) is 40.6. The van der Waals surface area contributed by atoms with Crippen molar-refractivity contribution in [2.45, 2.75) is 230 Å². The largest absolute Gasteiger partial charge is 0.472 e. The van der Waals surface area contributed by atoms with E-state index in [-0.39, 0.29) is 13.0 Å². The Kier molecular flexibility index (Phi) is 32.2. The van der Waals surface area contributed by atoms with E-state index in [1.165, 1.54) is 103 Å². The van der Waals surface area contributed by atoms with Crippen LogP contribution in [0.5, 0.6) is 0 Å². The van der Waals surface area contributed by atoms with Gasteiger partial charge in [-0.1, -0.05) is 154 Å². The van der Waals surface area contributed by atoms with Gasteiger partial charge in [0.15, 0.2) is 0 Å². The lowest BCUT2D eigenvalue weighted by molar-refractivity contribution is -0.220. The second-order valence-electron chi connectivity index (χ2n) is 15.6. The molecule has 0 heterocycles. The number of ether oxygens (including phenoxy) is 2. The zero-order valence-electron chi connectivity index (χ0n) is 34.5. The fourth-order valence-electron chi connectivity index (χ4n) is 6.82. The van der Waals surface area contributed by atoms with E-state index in [0.29, 0.717) is 13.0 Å². The molecule has 0 aromatic carbocycles. The summed E-state index contributed by atoms with van der Waals surface area (Å²) < 4.78 is 34.1. The second-order valence-corrected chi connectivity index (χ2v) is 17.0. The van der Waals surface area contributed by atoms with Crippen LogP contribution in [0.4, 0.5) is 0 Å². The minimum absolute atomic E-state index is 0.0747. The van der Waals surface area contributed by atoms with E-state index < -0.39 is 63.1 Å². The van der Waals surface area contributed by atoms with E-state index in [9.17, 15) is 39.8 Å². The number of carbonyl (C=O) groups excluding carboxylic acids is 1. The molecule has 6 N–H and O–H groups in total. The summed E-state index contributed by atoms with van der Waals surface area (Å²) in [5.74, 6) is -0.484. The Bertz CT molecular complexity index is 968. The molecular weight excluding hydrogens is 727 g/mol. The first kappa shape index (κ1) is 52.1. The topological polar surface area (TPSA) is 192 Å². The Labute approximate surface area is 333 Å². The molecule has 55 heavy (non-hydrogen) atoms. The number of esters is 1. The van der Waals surface area contributed by atoms with Crippen molar-refractivity contribution in [1.82, 2.24) is 0 Å². The van der Waals surface area contributed by atoms with Gasteiger partial charge in [-0.05, 0) is 38.5 Å². The van der Waals surface area contributed by atoms with E-state index in [0.717, 1.165) is 57.8 Å². The van der Waals surface area contributed by atoms with Crippen LogP contribution in [0.3, 0.4) is 0 Å². The number of aliphatic hydroxyl groups excluding tert-OH is 5. The molecule has 0 aromatic heterocycles. The van der Waals surface area contributed by atoms with Crippen LogP contribution in [0.1, 0.15) is 187 Å². The summed E-state index contributed by atoms with van der Waals surface area (Å²) >= 11 is 0. The highest BCUT2D eigenvalue weighted by Crippen LogP contribution is 2.47. The molecule has 1 aliphatic rings. The third kappa shape index (κ3) is 26.7. The molecule has 1 fully saturated rings. The Hall–Kier alpha value is -0.920. The molecule has 13 heteroatoms. The highest BCUT2D eigenvalue weighted by atomic mass is 31.2. The molecule has 1 rings (SSSR count). The van der Waals surface area contributed by atoms with Gasteiger partial charge >= 0.3 is 13.8 Å². The van der Waals surface area contributed by atoms with Gasteiger partial charge in [0.25, 0.3) is 0 Å². The van der Waals surface area contributed by atoms with Crippen LogP contribution in [0.15, 0.2) is 12.2 Å². The third-order valence-electron chi connectivity index (χ3n) is 10.4. The van der Waals surface area contributed by atoms with Crippen molar-refractivity contribution >= 4 is 13.8 Å². The van der Waals surface area contributed by atoms with Gasteiger partial charge < -0.3 is 39.9 Å². The SMILES string of the molecule is CCCCCCC/C=C\CCCCCCCC(=O)OC(COCCCCCCCCCCCCCCCC)COP(=O)(O)OC1C(O)C(O)C(O)C(O)C1O. The maximum absolute atomic E-state index is 12.8. The average molecular weight is 809 g/mol. The molecule has 0 bridgehead atoms. The number of carbonyl (C=O) groups is 1. The molecule has 1 aliphatic carbocycles. The number of phosphoric acid groups is 1. The van der Waals surface area contributed by atoms with Crippen molar-refractivity contribution in [3.63, 3.8) is 0 Å². The van der Waals surface area contributed by atoms with Crippen LogP contribution in [-0.2, 0) is 27.9 Å². The lowest BCUT2D eigenvalue weighted by atomic mass is 9.85. The molecule has 326 valence electrons. The van der Waals surface area contributed by atoms with Crippen LogP contribution in [-0.4, -0.2) is 98.9 Å². The Balaban J connectivity index is 2.42. The molecule has 6 atom stereocenters. The number of hydrogen-bond acceptors (Lipinski definition) is 11. The Morgan fingerprint density at radius 2 is 0.964 bits per heavy atom. The normalized spacial score (nSPS) is 23.3. The van der Waals surface area contributed by atoms with Gasteiger partial charge in [0.05, 0.1) is 13.2 Å². The first-order valence-corrected chi connectivity index (χ1v) is 23.5. The summed E-state index contributed by atoms with van der Waals surface area (Å²) in [4.78, 5) is 23.1. The number of unbranched alkanes of at least 4 members (excludes halogenated alkanes) is 23.